The molecule has 0 saturated carbocycles. The number of alkyl halides is 2. The Balaban J connectivity index is 1.72. The van der Waals surface area contributed by atoms with Gasteiger partial charge in [0.15, 0.2) is 0 Å². The third-order valence-corrected chi connectivity index (χ3v) is 5.18. The first-order valence-electron chi connectivity index (χ1n) is 9.28. The summed E-state index contributed by atoms with van der Waals surface area (Å²) in [4.78, 5) is 40.4. The Bertz CT molecular complexity index is 748. The topological polar surface area (TPSA) is 79.0 Å². The summed E-state index contributed by atoms with van der Waals surface area (Å²) < 4.78 is 28.9. The normalized spacial score (nSPS) is 23.0. The molecule has 0 aliphatic carbocycles. The predicted molar refractivity (Wildman–Crippen MR) is 95.7 cm³/mol. The molecular formula is C19H23F2N3O4. The number of nitrogens with one attached hydrogen (secondary N) is 1. The van der Waals surface area contributed by atoms with Crippen LogP contribution in [0.4, 0.5) is 13.6 Å². The highest BCUT2D eigenvalue weighted by molar-refractivity contribution is 6.09. The minimum absolute atomic E-state index is 0.0488. The molecule has 2 heterocycles. The third kappa shape index (κ3) is 4.07. The van der Waals surface area contributed by atoms with E-state index in [0.717, 1.165) is 30.6 Å². The highest BCUT2D eigenvalue weighted by Crippen LogP contribution is 2.30. The smallest absolute Gasteiger partial charge is 0.387 e. The lowest BCUT2D eigenvalue weighted by Crippen LogP contribution is -2.44. The van der Waals surface area contributed by atoms with Gasteiger partial charge < -0.3 is 15.0 Å². The van der Waals surface area contributed by atoms with Crippen LogP contribution in [0.15, 0.2) is 24.3 Å². The van der Waals surface area contributed by atoms with Gasteiger partial charge in [-0.1, -0.05) is 25.0 Å². The zero-order valence-electron chi connectivity index (χ0n) is 15.6. The van der Waals surface area contributed by atoms with E-state index >= 15 is 0 Å². The van der Waals surface area contributed by atoms with Gasteiger partial charge in [0.05, 0.1) is 0 Å². The summed E-state index contributed by atoms with van der Waals surface area (Å²) in [5.74, 6) is -0.856. The van der Waals surface area contributed by atoms with Gasteiger partial charge in [0, 0.05) is 13.1 Å². The number of benzene rings is 1. The molecule has 1 N–H and O–H groups in total. The van der Waals surface area contributed by atoms with Crippen molar-refractivity contribution in [3.63, 3.8) is 0 Å². The fraction of sp³-hybridized carbons (Fsp3) is 0.526. The number of nitrogens with zero attached hydrogens (tertiary/aromatic N) is 2. The molecule has 1 atom stereocenters. The third-order valence-electron chi connectivity index (χ3n) is 5.18. The molecule has 28 heavy (non-hydrogen) atoms. The summed E-state index contributed by atoms with van der Waals surface area (Å²) >= 11 is 0. The Kier molecular flexibility index (Phi) is 5.81. The largest absolute Gasteiger partial charge is 0.435 e. The summed E-state index contributed by atoms with van der Waals surface area (Å²) in [5.41, 5.74) is -0.961. The number of hydrogen-bond donors (Lipinski definition) is 1. The Labute approximate surface area is 161 Å². The molecule has 4 amide bonds. The van der Waals surface area contributed by atoms with Crippen molar-refractivity contribution in [1.82, 2.24) is 15.1 Å². The quantitative estimate of drug-likeness (QED) is 0.777. The van der Waals surface area contributed by atoms with Crippen LogP contribution in [-0.2, 0) is 15.1 Å². The van der Waals surface area contributed by atoms with Crippen molar-refractivity contribution in [2.24, 2.45) is 0 Å². The van der Waals surface area contributed by atoms with Crippen molar-refractivity contribution >= 4 is 17.8 Å². The van der Waals surface area contributed by atoms with E-state index < -0.39 is 24.1 Å². The van der Waals surface area contributed by atoms with Crippen molar-refractivity contribution in [1.29, 1.82) is 0 Å². The van der Waals surface area contributed by atoms with E-state index in [1.807, 2.05) is 0 Å². The molecule has 2 saturated heterocycles. The first kappa shape index (κ1) is 20.0. The molecule has 1 aromatic rings. The van der Waals surface area contributed by atoms with Crippen LogP contribution in [0.25, 0.3) is 0 Å². The molecule has 152 valence electrons. The number of imide groups is 1. The molecule has 2 aliphatic rings. The van der Waals surface area contributed by atoms with Crippen molar-refractivity contribution < 1.29 is 27.9 Å². The predicted octanol–water partition coefficient (Wildman–Crippen LogP) is 2.46. The van der Waals surface area contributed by atoms with Crippen LogP contribution < -0.4 is 10.1 Å². The van der Waals surface area contributed by atoms with Crippen LogP contribution in [0.3, 0.4) is 0 Å². The van der Waals surface area contributed by atoms with Gasteiger partial charge in [0.2, 0.25) is 5.91 Å². The number of halogens is 2. The lowest BCUT2D eigenvalue weighted by atomic mass is 9.92. The number of carbonyl (C=O) groups excluding carboxylic acids is 3. The van der Waals surface area contributed by atoms with Gasteiger partial charge >= 0.3 is 12.6 Å². The van der Waals surface area contributed by atoms with E-state index in [-0.39, 0.29) is 18.2 Å². The SMILES string of the molecule is C[C@@]1(c2ccc(OC(F)F)cc2)NC(=O)N(CC(=O)N2CCCCCC2)C1=O. The van der Waals surface area contributed by atoms with Crippen LogP contribution in [0, 0.1) is 0 Å². The van der Waals surface area contributed by atoms with Crippen molar-refractivity contribution in [3.8, 4) is 5.75 Å². The van der Waals surface area contributed by atoms with Gasteiger partial charge in [-0.05, 0) is 37.5 Å². The molecule has 0 unspecified atom stereocenters. The van der Waals surface area contributed by atoms with Gasteiger partial charge in [-0.25, -0.2) is 4.79 Å². The van der Waals surface area contributed by atoms with Crippen molar-refractivity contribution in [2.75, 3.05) is 19.6 Å². The second-order valence-corrected chi connectivity index (χ2v) is 7.14. The Morgan fingerprint density at radius 2 is 1.75 bits per heavy atom. The highest BCUT2D eigenvalue weighted by atomic mass is 19.3. The molecule has 3 rings (SSSR count). The number of rotatable bonds is 5. The summed E-state index contributed by atoms with van der Waals surface area (Å²) in [5, 5.41) is 2.61. The molecule has 2 aliphatic heterocycles. The Morgan fingerprint density at radius 1 is 1.14 bits per heavy atom. The minimum Gasteiger partial charge on any atom is -0.435 e. The average molecular weight is 395 g/mol. The summed E-state index contributed by atoms with van der Waals surface area (Å²) in [6.45, 7) is -0.481. The molecule has 0 radical (unpaired) electrons. The van der Waals surface area contributed by atoms with Crippen LogP contribution in [0.5, 0.6) is 5.75 Å². The number of amides is 4. The number of hydrogen-bond acceptors (Lipinski definition) is 4. The zero-order valence-corrected chi connectivity index (χ0v) is 15.6. The van der Waals surface area contributed by atoms with E-state index in [0.29, 0.717) is 18.7 Å². The minimum atomic E-state index is -2.95. The summed E-state index contributed by atoms with van der Waals surface area (Å²) in [7, 11) is 0. The molecule has 9 heteroatoms. The maximum atomic E-state index is 12.9. The van der Waals surface area contributed by atoms with E-state index in [1.165, 1.54) is 31.2 Å². The van der Waals surface area contributed by atoms with Crippen LogP contribution in [0.2, 0.25) is 0 Å². The fourth-order valence-electron chi connectivity index (χ4n) is 3.56. The number of carbonyl (C=O) groups is 3. The van der Waals surface area contributed by atoms with E-state index in [2.05, 4.69) is 10.1 Å². The molecule has 1 aromatic carbocycles. The second kappa shape index (κ2) is 8.12. The summed E-state index contributed by atoms with van der Waals surface area (Å²) in [6, 6.07) is 4.84. The standard InChI is InChI=1S/C19H23F2N3O4/c1-19(13-6-8-14(9-7-13)28-17(20)21)16(26)24(18(27)22-19)12-15(25)23-10-4-2-3-5-11-23/h6-9,17H,2-5,10-12H2,1H3,(H,22,27)/t19-/m0/s1. The van der Waals surface area contributed by atoms with Gasteiger partial charge in [0.25, 0.3) is 5.91 Å². The second-order valence-electron chi connectivity index (χ2n) is 7.14. The first-order valence-corrected chi connectivity index (χ1v) is 9.28. The fourth-order valence-corrected chi connectivity index (χ4v) is 3.56. The van der Waals surface area contributed by atoms with Gasteiger partial charge in [0.1, 0.15) is 17.8 Å². The molecule has 2 fully saturated rings. The monoisotopic (exact) mass is 395 g/mol. The first-order chi connectivity index (χ1) is 13.3. The maximum absolute atomic E-state index is 12.9. The lowest BCUT2D eigenvalue weighted by Gasteiger charge is -2.24. The van der Waals surface area contributed by atoms with Gasteiger partial charge in [-0.15, -0.1) is 0 Å². The van der Waals surface area contributed by atoms with Gasteiger partial charge in [-0.2, -0.15) is 8.78 Å². The molecule has 7 nitrogen and oxygen atoms in total. The van der Waals surface area contributed by atoms with E-state index in [1.54, 1.807) is 4.90 Å². The van der Waals surface area contributed by atoms with Crippen LogP contribution >= 0.6 is 0 Å². The van der Waals surface area contributed by atoms with Crippen LogP contribution in [0.1, 0.15) is 38.2 Å². The van der Waals surface area contributed by atoms with Gasteiger partial charge in [-0.3, -0.25) is 14.5 Å². The molecule has 0 spiro atoms. The molecular weight excluding hydrogens is 372 g/mol. The van der Waals surface area contributed by atoms with Crippen molar-refractivity contribution in [2.45, 2.75) is 44.8 Å². The summed E-state index contributed by atoms with van der Waals surface area (Å²) in [6.07, 6.45) is 3.96. The molecule has 0 aromatic heterocycles. The number of likely N-dealkylation sites (tertiary alicyclic amines) is 1. The van der Waals surface area contributed by atoms with E-state index in [9.17, 15) is 23.2 Å². The number of ether oxygens (including phenoxy) is 1. The Morgan fingerprint density at radius 3 is 2.32 bits per heavy atom. The maximum Gasteiger partial charge on any atom is 0.387 e. The van der Waals surface area contributed by atoms with Crippen LogP contribution in [-0.4, -0.2) is 53.9 Å². The molecule has 0 bridgehead atoms. The average Bonchev–Trinajstić information content (AvgIpc) is 2.86. The number of urea groups is 1. The van der Waals surface area contributed by atoms with E-state index in [4.69, 9.17) is 0 Å². The van der Waals surface area contributed by atoms with Crippen molar-refractivity contribution in [3.05, 3.63) is 29.8 Å². The Hall–Kier alpha value is -2.71. The zero-order chi connectivity index (χ0) is 20.3. The lowest BCUT2D eigenvalue weighted by molar-refractivity contribution is -0.138. The highest BCUT2D eigenvalue weighted by Gasteiger charge is 2.49.